The minimum absolute atomic E-state index is 0.685. The Morgan fingerprint density at radius 1 is 1.07 bits per heavy atom. The first-order chi connectivity index (χ1) is 6.97. The summed E-state index contributed by atoms with van der Waals surface area (Å²) in [6.07, 6.45) is 8.45. The van der Waals surface area contributed by atoms with Crippen molar-refractivity contribution in [2.24, 2.45) is 11.8 Å². The molecule has 88 valence electrons. The first kappa shape index (κ1) is 14.5. The van der Waals surface area contributed by atoms with Crippen LogP contribution in [0.5, 0.6) is 0 Å². The Morgan fingerprint density at radius 3 is 2.07 bits per heavy atom. The van der Waals surface area contributed by atoms with Crippen molar-refractivity contribution in [1.29, 1.82) is 0 Å². The van der Waals surface area contributed by atoms with Gasteiger partial charge in [0.1, 0.15) is 0 Å². The lowest BCUT2D eigenvalue weighted by atomic mass is 9.95. The first-order valence-electron chi connectivity index (χ1n) is 6.29. The highest BCUT2D eigenvalue weighted by Gasteiger charge is 2.03. The van der Waals surface area contributed by atoms with Crippen LogP contribution < -0.4 is 0 Å². The SMILES string of the molecule is CCC(C)C/C=C(\CC=C(C)C)C(C)C. The van der Waals surface area contributed by atoms with Crippen LogP contribution in [0.25, 0.3) is 0 Å². The fraction of sp³-hybridized carbons (Fsp3) is 0.733. The molecule has 0 rings (SSSR count). The summed E-state index contributed by atoms with van der Waals surface area (Å²) in [4.78, 5) is 0. The molecule has 0 aliphatic rings. The van der Waals surface area contributed by atoms with Gasteiger partial charge in [-0.3, -0.25) is 0 Å². The van der Waals surface area contributed by atoms with E-state index in [0.717, 1.165) is 12.3 Å². The van der Waals surface area contributed by atoms with Crippen LogP contribution in [0, 0.1) is 11.8 Å². The van der Waals surface area contributed by atoms with Crippen molar-refractivity contribution in [3.05, 3.63) is 23.3 Å². The van der Waals surface area contributed by atoms with Crippen LogP contribution in [0.15, 0.2) is 23.3 Å². The van der Waals surface area contributed by atoms with Crippen molar-refractivity contribution in [2.75, 3.05) is 0 Å². The topological polar surface area (TPSA) is 0 Å². The zero-order valence-electron chi connectivity index (χ0n) is 11.4. The zero-order valence-corrected chi connectivity index (χ0v) is 11.4. The van der Waals surface area contributed by atoms with Crippen LogP contribution in [0.3, 0.4) is 0 Å². The summed E-state index contributed by atoms with van der Waals surface area (Å²) in [6.45, 7) is 13.5. The molecule has 0 aromatic rings. The van der Waals surface area contributed by atoms with Gasteiger partial charge in [-0.15, -0.1) is 0 Å². The molecule has 1 atom stereocenters. The summed E-state index contributed by atoms with van der Waals surface area (Å²) in [6, 6.07) is 0. The number of rotatable bonds is 6. The van der Waals surface area contributed by atoms with Crippen LogP contribution >= 0.6 is 0 Å². The molecule has 0 saturated heterocycles. The molecule has 0 fully saturated rings. The molecular weight excluding hydrogens is 180 g/mol. The fourth-order valence-corrected chi connectivity index (χ4v) is 1.40. The lowest BCUT2D eigenvalue weighted by molar-refractivity contribution is 0.565. The Bertz CT molecular complexity index is 214. The summed E-state index contributed by atoms with van der Waals surface area (Å²) in [5, 5.41) is 0. The Kier molecular flexibility index (Phi) is 7.46. The average molecular weight is 208 g/mol. The molecule has 1 unspecified atom stereocenters. The second-order valence-corrected chi connectivity index (χ2v) is 5.17. The Balaban J connectivity index is 4.32. The maximum Gasteiger partial charge on any atom is -0.0134 e. The summed E-state index contributed by atoms with van der Waals surface area (Å²) < 4.78 is 0. The van der Waals surface area contributed by atoms with Gasteiger partial charge in [-0.2, -0.15) is 0 Å². The van der Waals surface area contributed by atoms with Crippen LogP contribution in [-0.4, -0.2) is 0 Å². The Morgan fingerprint density at radius 2 is 1.67 bits per heavy atom. The molecule has 0 N–H and O–H groups in total. The van der Waals surface area contributed by atoms with E-state index in [-0.39, 0.29) is 0 Å². The van der Waals surface area contributed by atoms with Crippen molar-refractivity contribution in [1.82, 2.24) is 0 Å². The van der Waals surface area contributed by atoms with Crippen molar-refractivity contribution >= 4 is 0 Å². The molecule has 0 aliphatic carbocycles. The molecule has 0 radical (unpaired) electrons. The third kappa shape index (κ3) is 7.41. The van der Waals surface area contributed by atoms with Crippen molar-refractivity contribution in [2.45, 2.75) is 60.8 Å². The monoisotopic (exact) mass is 208 g/mol. The van der Waals surface area contributed by atoms with E-state index in [2.05, 4.69) is 53.7 Å². The van der Waals surface area contributed by atoms with E-state index in [1.165, 1.54) is 18.4 Å². The smallest absolute Gasteiger partial charge is 0.0134 e. The van der Waals surface area contributed by atoms with Gasteiger partial charge in [0.25, 0.3) is 0 Å². The fourth-order valence-electron chi connectivity index (χ4n) is 1.40. The zero-order chi connectivity index (χ0) is 11.8. The quantitative estimate of drug-likeness (QED) is 0.515. The molecule has 0 heterocycles. The lowest BCUT2D eigenvalue weighted by Crippen LogP contribution is -1.96. The molecule has 0 heteroatoms. The third-order valence-corrected chi connectivity index (χ3v) is 2.97. The van der Waals surface area contributed by atoms with Crippen molar-refractivity contribution in [3.8, 4) is 0 Å². The standard InChI is InChI=1S/C15H28/c1-7-14(6)9-11-15(13(4)5)10-8-12(2)3/h8,11,13-14H,7,9-10H2,1-6H3/b15-11+. The minimum Gasteiger partial charge on any atom is -0.0845 e. The molecule has 0 amide bonds. The molecule has 0 nitrogen and oxygen atoms in total. The highest BCUT2D eigenvalue weighted by molar-refractivity contribution is 5.12. The Hall–Kier alpha value is -0.520. The van der Waals surface area contributed by atoms with E-state index < -0.39 is 0 Å². The van der Waals surface area contributed by atoms with E-state index >= 15 is 0 Å². The highest BCUT2D eigenvalue weighted by atomic mass is 14.1. The van der Waals surface area contributed by atoms with Crippen LogP contribution in [-0.2, 0) is 0 Å². The Labute approximate surface area is 96.5 Å². The van der Waals surface area contributed by atoms with Gasteiger partial charge >= 0.3 is 0 Å². The molecule has 15 heavy (non-hydrogen) atoms. The number of allylic oxidation sites excluding steroid dienone is 4. The van der Waals surface area contributed by atoms with Gasteiger partial charge < -0.3 is 0 Å². The second kappa shape index (κ2) is 7.73. The third-order valence-electron chi connectivity index (χ3n) is 2.97. The van der Waals surface area contributed by atoms with E-state index in [1.807, 2.05) is 0 Å². The van der Waals surface area contributed by atoms with Crippen LogP contribution in [0.4, 0.5) is 0 Å². The normalized spacial score (nSPS) is 14.2. The predicted molar refractivity (Wildman–Crippen MR) is 71.0 cm³/mol. The maximum absolute atomic E-state index is 2.46. The first-order valence-corrected chi connectivity index (χ1v) is 6.29. The van der Waals surface area contributed by atoms with E-state index in [1.54, 1.807) is 5.57 Å². The molecule has 0 saturated carbocycles. The molecule has 0 aromatic heterocycles. The second-order valence-electron chi connectivity index (χ2n) is 5.17. The van der Waals surface area contributed by atoms with Crippen LogP contribution in [0.1, 0.15) is 60.8 Å². The summed E-state index contributed by atoms with van der Waals surface area (Å²) in [7, 11) is 0. The van der Waals surface area contributed by atoms with Gasteiger partial charge in [0.15, 0.2) is 0 Å². The number of hydrogen-bond acceptors (Lipinski definition) is 0. The average Bonchev–Trinajstić information content (AvgIpc) is 2.16. The summed E-state index contributed by atoms with van der Waals surface area (Å²) in [5.41, 5.74) is 3.02. The van der Waals surface area contributed by atoms with E-state index in [0.29, 0.717) is 5.92 Å². The largest absolute Gasteiger partial charge is 0.0845 e. The molecule has 0 spiro atoms. The summed E-state index contributed by atoms with van der Waals surface area (Å²) >= 11 is 0. The van der Waals surface area contributed by atoms with E-state index in [9.17, 15) is 0 Å². The van der Waals surface area contributed by atoms with Gasteiger partial charge in [-0.25, -0.2) is 0 Å². The van der Waals surface area contributed by atoms with Crippen molar-refractivity contribution in [3.63, 3.8) is 0 Å². The van der Waals surface area contributed by atoms with Gasteiger partial charge in [-0.1, -0.05) is 57.4 Å². The molecule has 0 aliphatic heterocycles. The van der Waals surface area contributed by atoms with E-state index in [4.69, 9.17) is 0 Å². The highest BCUT2D eigenvalue weighted by Crippen LogP contribution is 2.19. The summed E-state index contributed by atoms with van der Waals surface area (Å²) in [5.74, 6) is 1.51. The molecule has 0 aromatic carbocycles. The van der Waals surface area contributed by atoms with Gasteiger partial charge in [0.2, 0.25) is 0 Å². The van der Waals surface area contributed by atoms with Crippen molar-refractivity contribution < 1.29 is 0 Å². The molecular formula is C15H28. The van der Waals surface area contributed by atoms with Crippen LogP contribution in [0.2, 0.25) is 0 Å². The minimum atomic E-state index is 0.685. The predicted octanol–water partition coefficient (Wildman–Crippen LogP) is 5.36. The van der Waals surface area contributed by atoms with Gasteiger partial charge in [0.05, 0.1) is 0 Å². The maximum atomic E-state index is 2.46. The number of hydrogen-bond donors (Lipinski definition) is 0. The van der Waals surface area contributed by atoms with Gasteiger partial charge in [0, 0.05) is 0 Å². The van der Waals surface area contributed by atoms with Gasteiger partial charge in [-0.05, 0) is 38.5 Å². The lowest BCUT2D eigenvalue weighted by Gasteiger charge is -2.11. The molecule has 0 bridgehead atoms.